The van der Waals surface area contributed by atoms with Gasteiger partial charge in [-0.15, -0.1) is 0 Å². The molecular formula is C20H13N3O. The van der Waals surface area contributed by atoms with Crippen LogP contribution in [0.5, 0.6) is 0 Å². The lowest BCUT2D eigenvalue weighted by molar-refractivity contribution is -0.114. The number of rotatable bonds is 2. The highest BCUT2D eigenvalue weighted by atomic mass is 16.1. The van der Waals surface area contributed by atoms with Crippen molar-refractivity contribution in [3.8, 4) is 23.3 Å². The predicted octanol–water partition coefficient (Wildman–Crippen LogP) is 4.21. The Morgan fingerprint density at radius 2 is 1.71 bits per heavy atom. The minimum absolute atomic E-state index is 0.141. The van der Waals surface area contributed by atoms with Gasteiger partial charge in [0.2, 0.25) is 5.91 Å². The average molecular weight is 311 g/mol. The molecule has 114 valence electrons. The highest BCUT2D eigenvalue weighted by molar-refractivity contribution is 6.01. The van der Waals surface area contributed by atoms with Crippen LogP contribution in [0.4, 0.5) is 5.69 Å². The molecule has 3 aromatic carbocycles. The van der Waals surface area contributed by atoms with Crippen LogP contribution in [-0.4, -0.2) is 5.91 Å². The molecule has 0 saturated carbocycles. The summed E-state index contributed by atoms with van der Waals surface area (Å²) in [6.07, 6.45) is 0. The molecule has 1 amide bonds. The summed E-state index contributed by atoms with van der Waals surface area (Å²) in [5, 5.41) is 23.5. The summed E-state index contributed by atoms with van der Waals surface area (Å²) in [5.74, 6) is -0.141. The van der Waals surface area contributed by atoms with Crippen LogP contribution in [0.3, 0.4) is 0 Å². The number of hydrogen-bond acceptors (Lipinski definition) is 3. The minimum Gasteiger partial charge on any atom is -0.326 e. The van der Waals surface area contributed by atoms with Gasteiger partial charge < -0.3 is 5.32 Å². The average Bonchev–Trinajstić information content (AvgIpc) is 2.60. The Morgan fingerprint density at radius 1 is 1.00 bits per heavy atom. The van der Waals surface area contributed by atoms with Gasteiger partial charge in [-0.25, -0.2) is 0 Å². The van der Waals surface area contributed by atoms with Gasteiger partial charge in [-0.05, 0) is 34.5 Å². The van der Waals surface area contributed by atoms with E-state index >= 15 is 0 Å². The number of hydrogen-bond donors (Lipinski definition) is 1. The smallest absolute Gasteiger partial charge is 0.221 e. The molecule has 0 heterocycles. The summed E-state index contributed by atoms with van der Waals surface area (Å²) in [7, 11) is 0. The third-order valence-electron chi connectivity index (χ3n) is 3.78. The van der Waals surface area contributed by atoms with Crippen LogP contribution >= 0.6 is 0 Å². The van der Waals surface area contributed by atoms with Gasteiger partial charge in [-0.3, -0.25) is 4.79 Å². The maximum atomic E-state index is 11.1. The highest BCUT2D eigenvalue weighted by Gasteiger charge is 2.15. The van der Waals surface area contributed by atoms with Crippen LogP contribution in [0.15, 0.2) is 54.6 Å². The van der Waals surface area contributed by atoms with Gasteiger partial charge in [-0.1, -0.05) is 36.4 Å². The fraction of sp³-hybridized carbons (Fsp3) is 0.0500. The molecule has 0 bridgehead atoms. The van der Waals surface area contributed by atoms with Gasteiger partial charge in [0.1, 0.15) is 12.1 Å². The minimum atomic E-state index is -0.141. The summed E-state index contributed by atoms with van der Waals surface area (Å²) in [6.45, 7) is 1.45. The van der Waals surface area contributed by atoms with Crippen molar-refractivity contribution < 1.29 is 4.79 Å². The number of carbonyl (C=O) groups excluding carboxylic acids is 1. The third-order valence-corrected chi connectivity index (χ3v) is 3.78. The number of nitrogens with zero attached hydrogens (tertiary/aromatic N) is 2. The monoisotopic (exact) mass is 311 g/mol. The Bertz CT molecular complexity index is 1020. The van der Waals surface area contributed by atoms with Gasteiger partial charge in [0.05, 0.1) is 11.1 Å². The number of anilines is 1. The van der Waals surface area contributed by atoms with E-state index < -0.39 is 0 Å². The normalized spacial score (nSPS) is 9.96. The highest BCUT2D eigenvalue weighted by Crippen LogP contribution is 2.34. The van der Waals surface area contributed by atoms with Gasteiger partial charge in [-0.2, -0.15) is 10.5 Å². The number of amides is 1. The first kappa shape index (κ1) is 15.3. The SMILES string of the molecule is CC(=O)Nc1ccc(-c2c(C#N)c(C#N)cc3ccccc23)cc1. The van der Waals surface area contributed by atoms with Gasteiger partial charge >= 0.3 is 0 Å². The summed E-state index contributed by atoms with van der Waals surface area (Å²) in [5.41, 5.74) is 2.97. The Kier molecular flexibility index (Phi) is 3.97. The zero-order chi connectivity index (χ0) is 17.1. The molecule has 24 heavy (non-hydrogen) atoms. The number of carbonyl (C=O) groups is 1. The zero-order valence-electron chi connectivity index (χ0n) is 13.0. The first-order valence-electron chi connectivity index (χ1n) is 7.38. The van der Waals surface area contributed by atoms with E-state index in [-0.39, 0.29) is 5.91 Å². The fourth-order valence-electron chi connectivity index (χ4n) is 2.78. The van der Waals surface area contributed by atoms with Crippen molar-refractivity contribution in [2.24, 2.45) is 0 Å². The topological polar surface area (TPSA) is 76.7 Å². The summed E-state index contributed by atoms with van der Waals surface area (Å²) in [4.78, 5) is 11.1. The van der Waals surface area contributed by atoms with Gasteiger partial charge in [0, 0.05) is 18.2 Å². The molecule has 0 saturated heterocycles. The molecule has 3 rings (SSSR count). The Hall–Kier alpha value is -3.63. The first-order chi connectivity index (χ1) is 11.6. The lowest BCUT2D eigenvalue weighted by atomic mass is 9.90. The number of fused-ring (bicyclic) bond motifs is 1. The summed E-state index contributed by atoms with van der Waals surface area (Å²) >= 11 is 0. The number of benzene rings is 3. The molecule has 3 aromatic rings. The molecule has 1 N–H and O–H groups in total. The van der Waals surface area contributed by atoms with E-state index in [1.54, 1.807) is 18.2 Å². The van der Waals surface area contributed by atoms with Crippen molar-refractivity contribution in [2.75, 3.05) is 5.32 Å². The lowest BCUT2D eigenvalue weighted by Gasteiger charge is -2.12. The molecule has 0 fully saturated rings. The van der Waals surface area contributed by atoms with Crippen LogP contribution < -0.4 is 5.32 Å². The van der Waals surface area contributed by atoms with Crippen molar-refractivity contribution in [3.05, 3.63) is 65.7 Å². The molecule has 0 aliphatic carbocycles. The van der Waals surface area contributed by atoms with Crippen LogP contribution in [0.2, 0.25) is 0 Å². The van der Waals surface area contributed by atoms with Crippen LogP contribution in [0.25, 0.3) is 21.9 Å². The van der Waals surface area contributed by atoms with E-state index in [0.717, 1.165) is 21.9 Å². The molecule has 0 unspecified atom stereocenters. The quantitative estimate of drug-likeness (QED) is 0.770. The molecule has 0 radical (unpaired) electrons. The lowest BCUT2D eigenvalue weighted by Crippen LogP contribution is -2.05. The second kappa shape index (κ2) is 6.24. The Labute approximate surface area is 139 Å². The second-order valence-corrected chi connectivity index (χ2v) is 5.38. The Morgan fingerprint density at radius 3 is 2.33 bits per heavy atom. The maximum Gasteiger partial charge on any atom is 0.221 e. The van der Waals surface area contributed by atoms with Crippen molar-refractivity contribution in [1.29, 1.82) is 10.5 Å². The van der Waals surface area contributed by atoms with Crippen molar-refractivity contribution >= 4 is 22.4 Å². The van der Waals surface area contributed by atoms with E-state index in [2.05, 4.69) is 17.5 Å². The molecule has 0 aliphatic heterocycles. The molecule has 0 aromatic heterocycles. The predicted molar refractivity (Wildman–Crippen MR) is 93.1 cm³/mol. The van der Waals surface area contributed by atoms with E-state index in [9.17, 15) is 15.3 Å². The standard InChI is InChI=1S/C20H13N3O/c1-13(24)23-17-8-6-14(7-9-17)20-18-5-3-2-4-15(18)10-16(11-21)19(20)12-22/h2-10H,1H3,(H,23,24). The summed E-state index contributed by atoms with van der Waals surface area (Å²) < 4.78 is 0. The van der Waals surface area contributed by atoms with Crippen LogP contribution in [0, 0.1) is 22.7 Å². The van der Waals surface area contributed by atoms with E-state index in [1.807, 2.05) is 36.4 Å². The van der Waals surface area contributed by atoms with Crippen molar-refractivity contribution in [1.82, 2.24) is 0 Å². The van der Waals surface area contributed by atoms with Gasteiger partial charge in [0.25, 0.3) is 0 Å². The third kappa shape index (κ3) is 2.69. The molecule has 0 atom stereocenters. The molecule has 0 aliphatic rings. The molecule has 4 nitrogen and oxygen atoms in total. The maximum absolute atomic E-state index is 11.1. The second-order valence-electron chi connectivity index (χ2n) is 5.38. The van der Waals surface area contributed by atoms with Gasteiger partial charge in [0.15, 0.2) is 0 Å². The number of nitrogens with one attached hydrogen (secondary N) is 1. The van der Waals surface area contributed by atoms with E-state index in [0.29, 0.717) is 16.8 Å². The number of nitriles is 2. The van der Waals surface area contributed by atoms with Crippen LogP contribution in [-0.2, 0) is 4.79 Å². The fourth-order valence-corrected chi connectivity index (χ4v) is 2.78. The molecular weight excluding hydrogens is 298 g/mol. The largest absolute Gasteiger partial charge is 0.326 e. The molecule has 4 heteroatoms. The summed E-state index contributed by atoms with van der Waals surface area (Å²) in [6, 6.07) is 20.9. The van der Waals surface area contributed by atoms with E-state index in [4.69, 9.17) is 0 Å². The first-order valence-corrected chi connectivity index (χ1v) is 7.38. The van der Waals surface area contributed by atoms with Crippen molar-refractivity contribution in [3.63, 3.8) is 0 Å². The molecule has 0 spiro atoms. The van der Waals surface area contributed by atoms with E-state index in [1.165, 1.54) is 6.92 Å². The zero-order valence-corrected chi connectivity index (χ0v) is 13.0. The van der Waals surface area contributed by atoms with Crippen LogP contribution in [0.1, 0.15) is 18.1 Å². The Balaban J connectivity index is 2.27. The van der Waals surface area contributed by atoms with Crippen molar-refractivity contribution in [2.45, 2.75) is 6.92 Å².